The highest BCUT2D eigenvalue weighted by Gasteiger charge is 2.23. The zero-order chi connectivity index (χ0) is 40.3. The van der Waals surface area contributed by atoms with E-state index in [1.54, 1.807) is 0 Å². The molecule has 2 atom stereocenters. The molecule has 0 radical (unpaired) electrons. The van der Waals surface area contributed by atoms with Gasteiger partial charge in [-0.25, -0.2) is 4.57 Å². The number of phosphoric ester groups is 1. The van der Waals surface area contributed by atoms with E-state index in [4.69, 9.17) is 13.8 Å². The maximum atomic E-state index is 12.1. The summed E-state index contributed by atoms with van der Waals surface area (Å²) in [7, 11) is -4.44. The summed E-state index contributed by atoms with van der Waals surface area (Å²) < 4.78 is 26.8. The summed E-state index contributed by atoms with van der Waals surface area (Å²) >= 11 is 0. The van der Waals surface area contributed by atoms with E-state index >= 15 is 0 Å². The summed E-state index contributed by atoms with van der Waals surface area (Å²) in [5, 5.41) is 12.7. The first kappa shape index (κ1) is 52.2. The van der Waals surface area contributed by atoms with Crippen LogP contribution in [0.3, 0.4) is 0 Å². The van der Waals surface area contributed by atoms with Crippen LogP contribution in [0.25, 0.3) is 0 Å². The topological polar surface area (TPSA) is 131 Å². The maximum Gasteiger partial charge on any atom is 0.472 e. The highest BCUT2D eigenvalue weighted by molar-refractivity contribution is 7.47. The zero-order valence-electron chi connectivity index (χ0n) is 34.3. The minimum atomic E-state index is -4.44. The number of unbranched alkanes of at least 4 members (excludes halogenated alkanes) is 11. The van der Waals surface area contributed by atoms with Gasteiger partial charge in [-0.2, -0.15) is 0 Å². The van der Waals surface area contributed by atoms with Crippen LogP contribution >= 0.6 is 7.82 Å². The first-order chi connectivity index (χ1) is 26.8. The summed E-state index contributed by atoms with van der Waals surface area (Å²) in [6.07, 6.45) is 50.9. The molecule has 10 heteroatoms. The minimum Gasteiger partial charge on any atom is -0.463 e. The van der Waals surface area contributed by atoms with E-state index in [1.165, 1.54) is 51.4 Å². The van der Waals surface area contributed by atoms with Crippen LogP contribution in [0.5, 0.6) is 0 Å². The van der Waals surface area contributed by atoms with Gasteiger partial charge < -0.3 is 20.1 Å². The van der Waals surface area contributed by atoms with Crippen LogP contribution in [0.2, 0.25) is 0 Å². The molecule has 0 aromatic heterocycles. The van der Waals surface area contributed by atoms with Crippen molar-refractivity contribution in [2.75, 3.05) is 26.4 Å². The predicted octanol–water partition coefficient (Wildman–Crippen LogP) is 11.7. The molecule has 0 bridgehead atoms. The first-order valence-corrected chi connectivity index (χ1v) is 22.6. The molecule has 9 nitrogen and oxygen atoms in total. The molecule has 0 aliphatic heterocycles. The predicted molar refractivity (Wildman–Crippen MR) is 229 cm³/mol. The molecule has 55 heavy (non-hydrogen) atoms. The third-order valence-electron chi connectivity index (χ3n) is 8.31. The van der Waals surface area contributed by atoms with Crippen LogP contribution in [0.15, 0.2) is 85.1 Å². The van der Waals surface area contributed by atoms with E-state index < -0.39 is 26.5 Å². The number of aliphatic hydroxyl groups is 1. The molecule has 0 saturated heterocycles. The van der Waals surface area contributed by atoms with E-state index in [1.807, 2.05) is 6.08 Å². The second kappa shape index (κ2) is 40.8. The summed E-state index contributed by atoms with van der Waals surface area (Å²) in [5.74, 6) is -0.591. The lowest BCUT2D eigenvalue weighted by Gasteiger charge is -2.15. The number of aliphatic hydroxyl groups excluding tert-OH is 1. The van der Waals surface area contributed by atoms with Gasteiger partial charge in [0.15, 0.2) is 0 Å². The van der Waals surface area contributed by atoms with Crippen molar-refractivity contribution in [3.05, 3.63) is 85.1 Å². The Morgan fingerprint density at radius 3 is 1.60 bits per heavy atom. The lowest BCUT2D eigenvalue weighted by molar-refractivity contribution is -0.147. The molecule has 0 spiro atoms. The van der Waals surface area contributed by atoms with Gasteiger partial charge in [0.1, 0.15) is 12.7 Å². The fraction of sp³-hybridized carbons (Fsp3) is 0.644. The summed E-state index contributed by atoms with van der Waals surface area (Å²) in [6.45, 7) is 3.32. The smallest absolute Gasteiger partial charge is 0.463 e. The monoisotopic (exact) mass is 790 g/mol. The quantitative estimate of drug-likeness (QED) is 0.0244. The van der Waals surface area contributed by atoms with Gasteiger partial charge in [-0.3, -0.25) is 18.6 Å². The second-order valence-electron chi connectivity index (χ2n) is 13.6. The van der Waals surface area contributed by atoms with Crippen molar-refractivity contribution in [3.8, 4) is 0 Å². The molecule has 0 rings (SSSR count). The molecule has 0 aromatic rings. The molecule has 314 valence electrons. The molecule has 2 unspecified atom stereocenters. The van der Waals surface area contributed by atoms with Crippen molar-refractivity contribution >= 4 is 19.7 Å². The van der Waals surface area contributed by atoms with Crippen LogP contribution in [0, 0.1) is 0 Å². The number of phosphoric acid groups is 1. The zero-order valence-corrected chi connectivity index (χ0v) is 35.2. The Balaban J connectivity index is 3.72. The number of ether oxygens (including phenoxy) is 1. The number of hydrogen-bond acceptors (Lipinski definition) is 7. The van der Waals surface area contributed by atoms with Gasteiger partial charge in [0.05, 0.1) is 13.2 Å². The van der Waals surface area contributed by atoms with Crippen molar-refractivity contribution in [3.63, 3.8) is 0 Å². The average Bonchev–Trinajstić information content (AvgIpc) is 3.17. The van der Waals surface area contributed by atoms with Gasteiger partial charge in [0.25, 0.3) is 0 Å². The number of nitrogens with one attached hydrogen (secondary N) is 1. The lowest BCUT2D eigenvalue weighted by atomic mass is 10.1. The normalized spacial score (nSPS) is 14.2. The molecule has 0 saturated carbocycles. The summed E-state index contributed by atoms with van der Waals surface area (Å²) in [4.78, 5) is 33.9. The van der Waals surface area contributed by atoms with Gasteiger partial charge in [0, 0.05) is 19.4 Å². The van der Waals surface area contributed by atoms with Crippen LogP contribution in [-0.4, -0.2) is 54.3 Å². The molecule has 0 heterocycles. The number of rotatable bonds is 38. The number of carbonyl (C=O) groups excluding carboxylic acids is 2. The summed E-state index contributed by atoms with van der Waals surface area (Å²) in [6, 6.07) is 0. The Bertz CT molecular complexity index is 1170. The van der Waals surface area contributed by atoms with Gasteiger partial charge in [-0.05, 0) is 83.5 Å². The molecule has 0 aliphatic rings. The lowest BCUT2D eigenvalue weighted by Crippen LogP contribution is -2.27. The Kier molecular flexibility index (Phi) is 38.8. The Morgan fingerprint density at radius 2 is 1.05 bits per heavy atom. The molecule has 0 aliphatic carbocycles. The van der Waals surface area contributed by atoms with Crippen LogP contribution in [0.1, 0.15) is 155 Å². The van der Waals surface area contributed by atoms with E-state index in [0.29, 0.717) is 12.8 Å². The van der Waals surface area contributed by atoms with Crippen LogP contribution in [0.4, 0.5) is 0 Å². The number of amides is 1. The van der Waals surface area contributed by atoms with E-state index in [2.05, 4.69) is 98.2 Å². The summed E-state index contributed by atoms with van der Waals surface area (Å²) in [5.41, 5.74) is 0. The minimum absolute atomic E-state index is 0.0657. The van der Waals surface area contributed by atoms with Gasteiger partial charge in [0.2, 0.25) is 5.91 Å². The third kappa shape index (κ3) is 42.2. The molecular formula is C45H76NO8P. The molecule has 3 N–H and O–H groups in total. The first-order valence-electron chi connectivity index (χ1n) is 21.1. The number of carbonyl (C=O) groups is 2. The molecule has 0 aromatic carbocycles. The fourth-order valence-corrected chi connectivity index (χ4v) is 5.91. The SMILES string of the molecule is CC/C=C\C/C=C\C/C=C\C/C=C\C/C=C\CCCC(=O)OCC(O)COP(=O)(O)OCCNC(=O)CCCCCCCCC/C=C\C/C=C\CCCCC. The van der Waals surface area contributed by atoms with E-state index in [9.17, 15) is 24.2 Å². The van der Waals surface area contributed by atoms with Gasteiger partial charge in [-0.1, -0.05) is 144 Å². The van der Waals surface area contributed by atoms with Crippen molar-refractivity contribution in [1.82, 2.24) is 5.32 Å². The van der Waals surface area contributed by atoms with E-state index in [-0.39, 0.29) is 32.1 Å². The maximum absolute atomic E-state index is 12.1. The highest BCUT2D eigenvalue weighted by Crippen LogP contribution is 2.42. The Labute approximate surface area is 334 Å². The Hall–Kier alpha value is -2.81. The molecular weight excluding hydrogens is 713 g/mol. The number of hydrogen-bond donors (Lipinski definition) is 3. The number of esters is 1. The molecule has 1 amide bonds. The second-order valence-corrected chi connectivity index (χ2v) is 15.0. The third-order valence-corrected chi connectivity index (χ3v) is 9.29. The van der Waals surface area contributed by atoms with Gasteiger partial charge >= 0.3 is 13.8 Å². The number of allylic oxidation sites excluding steroid dienone is 14. The highest BCUT2D eigenvalue weighted by atomic mass is 31.2. The average molecular weight is 790 g/mol. The van der Waals surface area contributed by atoms with Crippen molar-refractivity contribution in [2.24, 2.45) is 0 Å². The Morgan fingerprint density at radius 1 is 0.582 bits per heavy atom. The van der Waals surface area contributed by atoms with Crippen molar-refractivity contribution in [1.29, 1.82) is 0 Å². The van der Waals surface area contributed by atoms with Gasteiger partial charge in [-0.15, -0.1) is 0 Å². The van der Waals surface area contributed by atoms with Crippen LogP contribution in [-0.2, 0) is 27.9 Å². The largest absolute Gasteiger partial charge is 0.472 e. The standard InChI is InChI=1S/C45H76NO8P/c1-3-5-7-9-11-13-15-17-19-21-23-25-27-29-31-33-35-37-44(48)46-39-40-53-55(50,51)54-42-43(47)41-52-45(49)38-36-34-32-30-28-26-24-22-20-18-16-14-12-10-8-6-4-2/h6,8,11-14,17-20,24,26,30,32,43,47H,3-5,7,9-10,15-16,21-23,25,27-29,31,33-42H2,1-2H3,(H,46,48)(H,50,51)/b8-6-,13-11-,14-12-,19-17-,20-18-,26-24-,32-30-. The van der Waals surface area contributed by atoms with Crippen molar-refractivity contribution in [2.45, 2.75) is 161 Å². The van der Waals surface area contributed by atoms with E-state index in [0.717, 1.165) is 70.6 Å². The van der Waals surface area contributed by atoms with Crippen LogP contribution < -0.4 is 5.32 Å². The fourth-order valence-electron chi connectivity index (χ4n) is 5.15. The molecule has 0 fully saturated rings. The van der Waals surface area contributed by atoms with Crippen molar-refractivity contribution < 1.29 is 37.9 Å².